The zero-order chi connectivity index (χ0) is 15.1. The molecule has 0 spiro atoms. The summed E-state index contributed by atoms with van der Waals surface area (Å²) in [6.07, 6.45) is 5.72. The Morgan fingerprint density at radius 2 is 1.81 bits per heavy atom. The SMILES string of the molecule is CC(C)NCCCCCc1cc2c(cc1Br)OCCCO2. The first kappa shape index (κ1) is 16.6. The van der Waals surface area contributed by atoms with Gasteiger partial charge in [-0.2, -0.15) is 0 Å². The van der Waals surface area contributed by atoms with Crippen molar-refractivity contribution < 1.29 is 9.47 Å². The molecule has 118 valence electrons. The molecule has 0 saturated carbocycles. The van der Waals surface area contributed by atoms with E-state index in [2.05, 4.69) is 47.2 Å². The van der Waals surface area contributed by atoms with Gasteiger partial charge in [0.2, 0.25) is 0 Å². The van der Waals surface area contributed by atoms with Crippen LogP contribution in [0, 0.1) is 0 Å². The van der Waals surface area contributed by atoms with E-state index in [1.807, 2.05) is 0 Å². The molecule has 0 aliphatic carbocycles. The van der Waals surface area contributed by atoms with Gasteiger partial charge in [0, 0.05) is 16.9 Å². The minimum Gasteiger partial charge on any atom is -0.490 e. The highest BCUT2D eigenvalue weighted by atomic mass is 79.9. The maximum absolute atomic E-state index is 5.76. The maximum Gasteiger partial charge on any atom is 0.162 e. The second-order valence-electron chi connectivity index (χ2n) is 5.86. The highest BCUT2D eigenvalue weighted by Gasteiger charge is 2.13. The fourth-order valence-corrected chi connectivity index (χ4v) is 2.95. The number of nitrogens with one attached hydrogen (secondary N) is 1. The molecule has 1 heterocycles. The summed E-state index contributed by atoms with van der Waals surface area (Å²) >= 11 is 3.65. The number of hydrogen-bond donors (Lipinski definition) is 1. The first-order chi connectivity index (χ1) is 10.2. The van der Waals surface area contributed by atoms with Gasteiger partial charge in [-0.25, -0.2) is 0 Å². The Kier molecular flexibility index (Phi) is 6.84. The van der Waals surface area contributed by atoms with Crippen LogP contribution < -0.4 is 14.8 Å². The largest absolute Gasteiger partial charge is 0.490 e. The third-order valence-electron chi connectivity index (χ3n) is 3.59. The minimum atomic E-state index is 0.584. The highest BCUT2D eigenvalue weighted by molar-refractivity contribution is 9.10. The molecule has 4 heteroatoms. The molecule has 21 heavy (non-hydrogen) atoms. The van der Waals surface area contributed by atoms with E-state index >= 15 is 0 Å². The van der Waals surface area contributed by atoms with E-state index < -0.39 is 0 Å². The third kappa shape index (κ3) is 5.51. The van der Waals surface area contributed by atoms with Gasteiger partial charge in [0.25, 0.3) is 0 Å². The van der Waals surface area contributed by atoms with Crippen LogP contribution in [0.5, 0.6) is 11.5 Å². The lowest BCUT2D eigenvalue weighted by molar-refractivity contribution is 0.297. The fraction of sp³-hybridized carbons (Fsp3) is 0.647. The quantitative estimate of drug-likeness (QED) is 0.738. The molecule has 0 radical (unpaired) electrons. The van der Waals surface area contributed by atoms with Gasteiger partial charge < -0.3 is 14.8 Å². The van der Waals surface area contributed by atoms with Gasteiger partial charge in [-0.3, -0.25) is 0 Å². The van der Waals surface area contributed by atoms with E-state index in [1.165, 1.54) is 24.8 Å². The molecule has 0 unspecified atom stereocenters. The van der Waals surface area contributed by atoms with Crippen molar-refractivity contribution in [2.24, 2.45) is 0 Å². The molecule has 1 aliphatic heterocycles. The molecule has 0 aromatic heterocycles. The molecule has 3 nitrogen and oxygen atoms in total. The first-order valence-electron chi connectivity index (χ1n) is 7.98. The topological polar surface area (TPSA) is 30.5 Å². The van der Waals surface area contributed by atoms with Gasteiger partial charge in [-0.1, -0.05) is 36.2 Å². The van der Waals surface area contributed by atoms with E-state index in [-0.39, 0.29) is 0 Å². The molecule has 1 N–H and O–H groups in total. The van der Waals surface area contributed by atoms with Crippen LogP contribution >= 0.6 is 15.9 Å². The smallest absolute Gasteiger partial charge is 0.162 e. The maximum atomic E-state index is 5.76. The molecule has 0 amide bonds. The number of ether oxygens (including phenoxy) is 2. The lowest BCUT2D eigenvalue weighted by Gasteiger charge is -2.12. The van der Waals surface area contributed by atoms with Gasteiger partial charge in [0.05, 0.1) is 13.2 Å². The van der Waals surface area contributed by atoms with Crippen LogP contribution in [-0.2, 0) is 6.42 Å². The Hall–Kier alpha value is -0.740. The van der Waals surface area contributed by atoms with Crippen molar-refractivity contribution in [3.8, 4) is 11.5 Å². The Morgan fingerprint density at radius 1 is 1.10 bits per heavy atom. The molecule has 2 rings (SSSR count). The number of hydrogen-bond acceptors (Lipinski definition) is 3. The van der Waals surface area contributed by atoms with Gasteiger partial charge in [-0.05, 0) is 43.5 Å². The third-order valence-corrected chi connectivity index (χ3v) is 4.33. The molecule has 1 aliphatic rings. The van der Waals surface area contributed by atoms with Gasteiger partial charge in [0.1, 0.15) is 0 Å². The summed E-state index contributed by atoms with van der Waals surface area (Å²) in [5, 5.41) is 3.46. The Bertz CT molecular complexity index is 449. The van der Waals surface area contributed by atoms with Gasteiger partial charge >= 0.3 is 0 Å². The lowest BCUT2D eigenvalue weighted by Crippen LogP contribution is -2.23. The average molecular weight is 356 g/mol. The molecule has 0 fully saturated rings. The number of rotatable bonds is 7. The normalized spacial score (nSPS) is 14.3. The monoisotopic (exact) mass is 355 g/mol. The summed E-state index contributed by atoms with van der Waals surface area (Å²) in [6, 6.07) is 4.77. The van der Waals surface area contributed by atoms with E-state index in [1.54, 1.807) is 0 Å². The van der Waals surface area contributed by atoms with Gasteiger partial charge in [0.15, 0.2) is 11.5 Å². The predicted molar refractivity (Wildman–Crippen MR) is 90.4 cm³/mol. The first-order valence-corrected chi connectivity index (χ1v) is 8.77. The summed E-state index contributed by atoms with van der Waals surface area (Å²) < 4.78 is 12.6. The molecule has 0 bridgehead atoms. The van der Waals surface area contributed by atoms with Crippen molar-refractivity contribution in [2.45, 2.75) is 52.0 Å². The van der Waals surface area contributed by atoms with Crippen LogP contribution in [-0.4, -0.2) is 25.8 Å². The van der Waals surface area contributed by atoms with Gasteiger partial charge in [-0.15, -0.1) is 0 Å². The van der Waals surface area contributed by atoms with Crippen LogP contribution in [0.3, 0.4) is 0 Å². The van der Waals surface area contributed by atoms with Crippen LogP contribution in [0.1, 0.15) is 45.1 Å². The van der Waals surface area contributed by atoms with Crippen molar-refractivity contribution in [1.29, 1.82) is 0 Å². The van der Waals surface area contributed by atoms with Crippen molar-refractivity contribution in [3.63, 3.8) is 0 Å². The van der Waals surface area contributed by atoms with Crippen LogP contribution in [0.2, 0.25) is 0 Å². The standard InChI is InChI=1S/C17H26BrNO2/c1-13(2)19-8-5-3-4-7-14-11-16-17(12-15(14)18)21-10-6-9-20-16/h11-13,19H,3-10H2,1-2H3. The number of halogens is 1. The summed E-state index contributed by atoms with van der Waals surface area (Å²) in [5.41, 5.74) is 1.32. The molecule has 0 saturated heterocycles. The fourth-order valence-electron chi connectivity index (χ4n) is 2.43. The van der Waals surface area contributed by atoms with Crippen LogP contribution in [0.15, 0.2) is 16.6 Å². The summed E-state index contributed by atoms with van der Waals surface area (Å²) in [5.74, 6) is 1.76. The Labute approximate surface area is 136 Å². The lowest BCUT2D eigenvalue weighted by atomic mass is 10.1. The van der Waals surface area contributed by atoms with E-state index in [0.717, 1.165) is 48.6 Å². The van der Waals surface area contributed by atoms with Crippen molar-refractivity contribution >= 4 is 15.9 Å². The molecular weight excluding hydrogens is 330 g/mol. The van der Waals surface area contributed by atoms with E-state index in [4.69, 9.17) is 9.47 Å². The summed E-state index contributed by atoms with van der Waals surface area (Å²) in [7, 11) is 0. The number of unbranched alkanes of at least 4 members (excludes halogenated alkanes) is 2. The second kappa shape index (κ2) is 8.64. The second-order valence-corrected chi connectivity index (χ2v) is 6.71. The van der Waals surface area contributed by atoms with Crippen LogP contribution in [0.25, 0.3) is 0 Å². The Morgan fingerprint density at radius 3 is 2.52 bits per heavy atom. The van der Waals surface area contributed by atoms with E-state index in [9.17, 15) is 0 Å². The van der Waals surface area contributed by atoms with Crippen LogP contribution in [0.4, 0.5) is 0 Å². The molecule has 1 aromatic carbocycles. The number of benzene rings is 1. The zero-order valence-corrected chi connectivity index (χ0v) is 14.7. The minimum absolute atomic E-state index is 0.584. The number of fused-ring (bicyclic) bond motifs is 1. The Balaban J connectivity index is 1.81. The average Bonchev–Trinajstić information content (AvgIpc) is 2.67. The zero-order valence-electron chi connectivity index (χ0n) is 13.1. The summed E-state index contributed by atoms with van der Waals surface area (Å²) in [4.78, 5) is 0. The number of aryl methyl sites for hydroxylation is 1. The molecule has 1 aromatic rings. The van der Waals surface area contributed by atoms with Crippen molar-refractivity contribution in [3.05, 3.63) is 22.2 Å². The molecular formula is C17H26BrNO2. The summed E-state index contributed by atoms with van der Waals surface area (Å²) in [6.45, 7) is 6.97. The van der Waals surface area contributed by atoms with Crippen molar-refractivity contribution in [1.82, 2.24) is 5.32 Å². The highest BCUT2D eigenvalue weighted by Crippen LogP contribution is 2.35. The molecule has 0 atom stereocenters. The van der Waals surface area contributed by atoms with Crippen molar-refractivity contribution in [2.75, 3.05) is 19.8 Å². The van der Waals surface area contributed by atoms with E-state index in [0.29, 0.717) is 6.04 Å². The predicted octanol–water partition coefficient (Wildman–Crippen LogP) is 4.32.